The lowest BCUT2D eigenvalue weighted by Gasteiger charge is -2.26. The number of hydrogen-bond donors (Lipinski definition) is 1. The fourth-order valence-electron chi connectivity index (χ4n) is 2.29. The van der Waals surface area contributed by atoms with Crippen LogP contribution in [-0.4, -0.2) is 30.4 Å². The van der Waals surface area contributed by atoms with E-state index in [1.807, 2.05) is 17.0 Å². The number of hydrogen-bond acceptors (Lipinski definition) is 2. The van der Waals surface area contributed by atoms with Crippen LogP contribution in [0.15, 0.2) is 24.3 Å². The molecule has 0 saturated carbocycles. The molecule has 1 heterocycles. The van der Waals surface area contributed by atoms with Crippen molar-refractivity contribution in [3.05, 3.63) is 29.8 Å². The molecule has 0 bridgehead atoms. The Balaban J connectivity index is 1.80. The van der Waals surface area contributed by atoms with Gasteiger partial charge in [-0.2, -0.15) is 0 Å². The summed E-state index contributed by atoms with van der Waals surface area (Å²) in [5.74, 6) is 0.217. The number of anilines is 1. The van der Waals surface area contributed by atoms with E-state index in [-0.39, 0.29) is 5.91 Å². The number of aryl methyl sites for hydroxylation is 1. The van der Waals surface area contributed by atoms with Crippen LogP contribution in [0.4, 0.5) is 5.69 Å². The van der Waals surface area contributed by atoms with Gasteiger partial charge in [-0.25, -0.2) is 0 Å². The van der Waals surface area contributed by atoms with Crippen LogP contribution in [0.25, 0.3) is 0 Å². The number of amides is 1. The van der Waals surface area contributed by atoms with Gasteiger partial charge in [0.2, 0.25) is 5.91 Å². The minimum absolute atomic E-state index is 0.217. The maximum Gasteiger partial charge on any atom is 0.241 e. The predicted octanol–water partition coefficient (Wildman–Crippen LogP) is 2.67. The van der Waals surface area contributed by atoms with Crippen LogP contribution in [0.2, 0.25) is 0 Å². The summed E-state index contributed by atoms with van der Waals surface area (Å²) < 4.78 is 0. The zero-order valence-electron chi connectivity index (χ0n) is 11.1. The Morgan fingerprint density at radius 1 is 1.17 bits per heavy atom. The molecule has 0 atom stereocenters. The number of nitrogens with one attached hydrogen (secondary N) is 1. The van der Waals surface area contributed by atoms with E-state index in [9.17, 15) is 4.79 Å². The van der Waals surface area contributed by atoms with Crippen LogP contribution in [0.5, 0.6) is 0 Å². The molecule has 1 aliphatic heterocycles. The molecule has 1 N–H and O–H groups in total. The Kier molecular flexibility index (Phi) is 4.62. The Morgan fingerprint density at radius 2 is 1.83 bits per heavy atom. The highest BCUT2D eigenvalue weighted by Gasteiger charge is 2.15. The van der Waals surface area contributed by atoms with Gasteiger partial charge in [-0.05, 0) is 43.4 Å². The summed E-state index contributed by atoms with van der Waals surface area (Å²) in [7, 11) is 0. The van der Waals surface area contributed by atoms with Crippen molar-refractivity contribution >= 4 is 11.6 Å². The standard InChI is InChI=1S/C15H22N2O/c1-2-13-6-8-14(9-7-13)16-12-15(18)17-10-4-3-5-11-17/h6-9,16H,2-5,10-12H2,1H3. The zero-order valence-corrected chi connectivity index (χ0v) is 11.1. The minimum Gasteiger partial charge on any atom is -0.376 e. The molecule has 1 aromatic rings. The number of carbonyl (C=O) groups is 1. The third-order valence-electron chi connectivity index (χ3n) is 3.51. The summed E-state index contributed by atoms with van der Waals surface area (Å²) in [6.07, 6.45) is 4.61. The Hall–Kier alpha value is -1.51. The normalized spacial score (nSPS) is 15.5. The molecule has 3 heteroatoms. The first-order chi connectivity index (χ1) is 8.79. The molecule has 3 nitrogen and oxygen atoms in total. The van der Waals surface area contributed by atoms with Gasteiger partial charge < -0.3 is 10.2 Å². The average Bonchev–Trinajstić information content (AvgIpc) is 2.46. The third-order valence-corrected chi connectivity index (χ3v) is 3.51. The van der Waals surface area contributed by atoms with Gasteiger partial charge in [0.15, 0.2) is 0 Å². The molecular formula is C15H22N2O. The summed E-state index contributed by atoms with van der Waals surface area (Å²) in [6.45, 7) is 4.40. The lowest BCUT2D eigenvalue weighted by Crippen LogP contribution is -2.39. The zero-order chi connectivity index (χ0) is 12.8. The van der Waals surface area contributed by atoms with Gasteiger partial charge in [0.1, 0.15) is 0 Å². The second-order valence-corrected chi connectivity index (χ2v) is 4.85. The van der Waals surface area contributed by atoms with E-state index in [1.54, 1.807) is 0 Å². The van der Waals surface area contributed by atoms with Gasteiger partial charge in [-0.3, -0.25) is 4.79 Å². The molecule has 1 aromatic carbocycles. The Labute approximate surface area is 109 Å². The van der Waals surface area contributed by atoms with Gasteiger partial charge >= 0.3 is 0 Å². The molecular weight excluding hydrogens is 224 g/mol. The summed E-state index contributed by atoms with van der Waals surface area (Å²) >= 11 is 0. The maximum atomic E-state index is 12.0. The van der Waals surface area contributed by atoms with Gasteiger partial charge in [0, 0.05) is 18.8 Å². The maximum absolute atomic E-state index is 12.0. The molecule has 0 radical (unpaired) electrons. The number of piperidine rings is 1. The molecule has 1 fully saturated rings. The monoisotopic (exact) mass is 246 g/mol. The molecule has 0 aromatic heterocycles. The lowest BCUT2D eigenvalue weighted by molar-refractivity contribution is -0.130. The molecule has 0 spiro atoms. The van der Waals surface area contributed by atoms with Crippen molar-refractivity contribution in [2.75, 3.05) is 25.0 Å². The second-order valence-electron chi connectivity index (χ2n) is 4.85. The fraction of sp³-hybridized carbons (Fsp3) is 0.533. The molecule has 2 rings (SSSR count). The van der Waals surface area contributed by atoms with E-state index in [1.165, 1.54) is 12.0 Å². The van der Waals surface area contributed by atoms with E-state index < -0.39 is 0 Å². The van der Waals surface area contributed by atoms with Crippen molar-refractivity contribution < 1.29 is 4.79 Å². The number of likely N-dealkylation sites (tertiary alicyclic amines) is 1. The number of carbonyl (C=O) groups excluding carboxylic acids is 1. The van der Waals surface area contributed by atoms with Crippen LogP contribution >= 0.6 is 0 Å². The minimum atomic E-state index is 0.217. The summed E-state index contributed by atoms with van der Waals surface area (Å²) in [6, 6.07) is 8.30. The first-order valence-corrected chi connectivity index (χ1v) is 6.90. The second kappa shape index (κ2) is 6.43. The molecule has 1 saturated heterocycles. The Morgan fingerprint density at radius 3 is 2.44 bits per heavy atom. The van der Waals surface area contributed by atoms with Crippen molar-refractivity contribution in [1.29, 1.82) is 0 Å². The summed E-state index contributed by atoms with van der Waals surface area (Å²) in [5.41, 5.74) is 2.35. The number of nitrogens with zero attached hydrogens (tertiary/aromatic N) is 1. The van der Waals surface area contributed by atoms with Crippen molar-refractivity contribution in [2.24, 2.45) is 0 Å². The number of benzene rings is 1. The first kappa shape index (κ1) is 12.9. The molecule has 98 valence electrons. The van der Waals surface area contributed by atoms with E-state index in [0.29, 0.717) is 6.54 Å². The van der Waals surface area contributed by atoms with Gasteiger partial charge in [-0.15, -0.1) is 0 Å². The molecule has 18 heavy (non-hydrogen) atoms. The van der Waals surface area contributed by atoms with Crippen molar-refractivity contribution in [3.63, 3.8) is 0 Å². The van der Waals surface area contributed by atoms with Crippen molar-refractivity contribution in [1.82, 2.24) is 4.90 Å². The Bertz CT molecular complexity index is 380. The van der Waals surface area contributed by atoms with Crippen molar-refractivity contribution in [2.45, 2.75) is 32.6 Å². The summed E-state index contributed by atoms with van der Waals surface area (Å²) in [5, 5.41) is 3.20. The quantitative estimate of drug-likeness (QED) is 0.886. The van der Waals surface area contributed by atoms with E-state index >= 15 is 0 Å². The smallest absolute Gasteiger partial charge is 0.241 e. The van der Waals surface area contributed by atoms with Gasteiger partial charge in [-0.1, -0.05) is 19.1 Å². The highest BCUT2D eigenvalue weighted by Crippen LogP contribution is 2.11. The molecule has 0 unspecified atom stereocenters. The third kappa shape index (κ3) is 3.49. The fourth-order valence-corrected chi connectivity index (χ4v) is 2.29. The van der Waals surface area contributed by atoms with Crippen LogP contribution in [-0.2, 0) is 11.2 Å². The van der Waals surface area contributed by atoms with Crippen LogP contribution < -0.4 is 5.32 Å². The summed E-state index contributed by atoms with van der Waals surface area (Å²) in [4.78, 5) is 13.9. The van der Waals surface area contributed by atoms with Crippen LogP contribution in [0.1, 0.15) is 31.7 Å². The van der Waals surface area contributed by atoms with Crippen LogP contribution in [0.3, 0.4) is 0 Å². The van der Waals surface area contributed by atoms with Gasteiger partial charge in [0.25, 0.3) is 0 Å². The van der Waals surface area contributed by atoms with E-state index in [0.717, 1.165) is 38.0 Å². The van der Waals surface area contributed by atoms with Gasteiger partial charge in [0.05, 0.1) is 6.54 Å². The topological polar surface area (TPSA) is 32.3 Å². The average molecular weight is 246 g/mol. The van der Waals surface area contributed by atoms with E-state index in [4.69, 9.17) is 0 Å². The van der Waals surface area contributed by atoms with E-state index in [2.05, 4.69) is 24.4 Å². The highest BCUT2D eigenvalue weighted by atomic mass is 16.2. The van der Waals surface area contributed by atoms with Crippen LogP contribution in [0, 0.1) is 0 Å². The first-order valence-electron chi connectivity index (χ1n) is 6.90. The molecule has 1 aliphatic rings. The number of rotatable bonds is 4. The largest absolute Gasteiger partial charge is 0.376 e. The lowest BCUT2D eigenvalue weighted by atomic mass is 10.1. The molecule has 0 aliphatic carbocycles. The SMILES string of the molecule is CCc1ccc(NCC(=O)N2CCCCC2)cc1. The predicted molar refractivity (Wildman–Crippen MR) is 74.7 cm³/mol. The van der Waals surface area contributed by atoms with Crippen molar-refractivity contribution in [3.8, 4) is 0 Å². The molecule has 1 amide bonds. The highest BCUT2D eigenvalue weighted by molar-refractivity contribution is 5.80.